The number of carbonyl (C=O) groups is 1. The summed E-state index contributed by atoms with van der Waals surface area (Å²) in [4.78, 5) is 11.4. The van der Waals surface area contributed by atoms with Crippen LogP contribution in [0.5, 0.6) is 0 Å². The molecule has 0 fully saturated rings. The van der Waals surface area contributed by atoms with E-state index in [-0.39, 0.29) is 5.78 Å². The van der Waals surface area contributed by atoms with E-state index in [9.17, 15) is 4.79 Å². The van der Waals surface area contributed by atoms with Gasteiger partial charge >= 0.3 is 0 Å². The number of nitrogens with zero attached hydrogens (tertiary/aromatic N) is 2. The Morgan fingerprint density at radius 2 is 1.84 bits per heavy atom. The first-order valence-electron chi connectivity index (χ1n) is 5.97. The molecule has 4 heteroatoms. The van der Waals surface area contributed by atoms with Crippen molar-refractivity contribution in [2.24, 2.45) is 0 Å². The van der Waals surface area contributed by atoms with Crippen molar-refractivity contribution in [1.82, 2.24) is 9.78 Å². The summed E-state index contributed by atoms with van der Waals surface area (Å²) in [6, 6.07) is 15.0. The van der Waals surface area contributed by atoms with Crippen LogP contribution in [0.25, 0.3) is 16.6 Å². The first-order valence-corrected chi connectivity index (χ1v) is 5.97. The van der Waals surface area contributed by atoms with Crippen LogP contribution < -0.4 is 0 Å². The van der Waals surface area contributed by atoms with Gasteiger partial charge in [-0.25, -0.2) is 4.68 Å². The van der Waals surface area contributed by atoms with E-state index in [0.29, 0.717) is 5.56 Å². The first kappa shape index (κ1) is 11.6. The molecule has 1 N–H and O–H groups in total. The number of fused-ring (bicyclic) bond motifs is 1. The lowest BCUT2D eigenvalue weighted by Gasteiger charge is -2.04. The van der Waals surface area contributed by atoms with E-state index in [0.717, 1.165) is 16.6 Å². The fourth-order valence-corrected chi connectivity index (χ4v) is 2.06. The zero-order valence-corrected chi connectivity index (χ0v) is 10.2. The number of ketones is 1. The van der Waals surface area contributed by atoms with E-state index in [2.05, 4.69) is 5.10 Å². The highest BCUT2D eigenvalue weighted by atomic mass is 16.3. The molecule has 0 amide bonds. The van der Waals surface area contributed by atoms with Crippen molar-refractivity contribution >= 4 is 16.7 Å². The fourth-order valence-electron chi connectivity index (χ4n) is 2.06. The van der Waals surface area contributed by atoms with Gasteiger partial charge in [0.2, 0.25) is 0 Å². The molecule has 19 heavy (non-hydrogen) atoms. The molecule has 94 valence electrons. The number of benzene rings is 2. The molecule has 4 nitrogen and oxygen atoms in total. The highest BCUT2D eigenvalue weighted by molar-refractivity contribution is 5.97. The quantitative estimate of drug-likeness (QED) is 0.727. The van der Waals surface area contributed by atoms with Crippen LogP contribution in [0.15, 0.2) is 54.7 Å². The smallest absolute Gasteiger partial charge is 0.188 e. The number of aliphatic hydroxyl groups excluding tert-OH is 1. The molecule has 0 radical (unpaired) electrons. The second-order valence-electron chi connectivity index (χ2n) is 4.24. The van der Waals surface area contributed by atoms with Gasteiger partial charge in [-0.3, -0.25) is 4.79 Å². The molecular weight excluding hydrogens is 240 g/mol. The van der Waals surface area contributed by atoms with E-state index >= 15 is 0 Å². The Balaban J connectivity index is 2.05. The molecule has 0 aliphatic carbocycles. The first-order chi connectivity index (χ1) is 9.29. The number of aliphatic hydroxyl groups is 1. The van der Waals surface area contributed by atoms with Crippen LogP contribution in [0.4, 0.5) is 0 Å². The largest absolute Gasteiger partial charge is 0.388 e. The Hall–Kier alpha value is -2.46. The van der Waals surface area contributed by atoms with Crippen LogP contribution in [-0.4, -0.2) is 27.3 Å². The minimum Gasteiger partial charge on any atom is -0.388 e. The lowest BCUT2D eigenvalue weighted by atomic mass is 10.1. The van der Waals surface area contributed by atoms with Gasteiger partial charge in [-0.05, 0) is 30.3 Å². The van der Waals surface area contributed by atoms with Crippen molar-refractivity contribution < 1.29 is 9.90 Å². The number of aromatic nitrogens is 2. The monoisotopic (exact) mass is 252 g/mol. The summed E-state index contributed by atoms with van der Waals surface area (Å²) in [6.45, 7) is -0.468. The molecule has 0 aliphatic heterocycles. The maximum Gasteiger partial charge on any atom is 0.188 e. The maximum atomic E-state index is 11.4. The zero-order chi connectivity index (χ0) is 13.2. The molecule has 1 heterocycles. The van der Waals surface area contributed by atoms with Crippen LogP contribution in [0.2, 0.25) is 0 Å². The van der Waals surface area contributed by atoms with Crippen LogP contribution in [0.1, 0.15) is 10.4 Å². The minimum atomic E-state index is -0.468. The van der Waals surface area contributed by atoms with E-state index in [1.54, 1.807) is 12.1 Å². The third kappa shape index (κ3) is 2.02. The summed E-state index contributed by atoms with van der Waals surface area (Å²) < 4.78 is 1.82. The third-order valence-corrected chi connectivity index (χ3v) is 3.05. The van der Waals surface area contributed by atoms with Crippen molar-refractivity contribution in [2.45, 2.75) is 0 Å². The molecule has 0 spiro atoms. The average Bonchev–Trinajstić information content (AvgIpc) is 2.90. The second kappa shape index (κ2) is 4.66. The molecule has 1 aromatic heterocycles. The minimum absolute atomic E-state index is 0.281. The molecule has 0 atom stereocenters. The highest BCUT2D eigenvalue weighted by Crippen LogP contribution is 2.18. The molecule has 0 unspecified atom stereocenters. The third-order valence-electron chi connectivity index (χ3n) is 3.05. The summed E-state index contributed by atoms with van der Waals surface area (Å²) in [5.74, 6) is -0.281. The van der Waals surface area contributed by atoms with E-state index in [1.165, 1.54) is 0 Å². The average molecular weight is 252 g/mol. The van der Waals surface area contributed by atoms with Gasteiger partial charge in [0.15, 0.2) is 5.78 Å². The van der Waals surface area contributed by atoms with Gasteiger partial charge in [-0.15, -0.1) is 0 Å². The Morgan fingerprint density at radius 3 is 2.58 bits per heavy atom. The van der Waals surface area contributed by atoms with Crippen molar-refractivity contribution in [3.05, 3.63) is 60.3 Å². The predicted octanol–water partition coefficient (Wildman–Crippen LogP) is 2.20. The summed E-state index contributed by atoms with van der Waals surface area (Å²) >= 11 is 0. The molecule has 2 aromatic carbocycles. The van der Waals surface area contributed by atoms with Crippen LogP contribution in [0, 0.1) is 0 Å². The molecule has 0 aliphatic rings. The van der Waals surface area contributed by atoms with Crippen LogP contribution >= 0.6 is 0 Å². The van der Waals surface area contributed by atoms with Crippen molar-refractivity contribution in [1.29, 1.82) is 0 Å². The predicted molar refractivity (Wildman–Crippen MR) is 72.5 cm³/mol. The summed E-state index contributed by atoms with van der Waals surface area (Å²) in [5.41, 5.74) is 2.40. The SMILES string of the molecule is O=C(CO)c1ccc(-n2ncc3ccccc32)cc1. The standard InChI is InChI=1S/C15H12N2O2/c18-10-15(19)11-5-7-13(8-6-11)17-14-4-2-1-3-12(14)9-16-17/h1-9,18H,10H2. The van der Waals surface area contributed by atoms with Crippen molar-refractivity contribution in [2.75, 3.05) is 6.61 Å². The Labute approximate surface area is 109 Å². The molecule has 0 bridgehead atoms. The topological polar surface area (TPSA) is 55.1 Å². The second-order valence-corrected chi connectivity index (χ2v) is 4.24. The van der Waals surface area contributed by atoms with Gasteiger partial charge in [0.25, 0.3) is 0 Å². The maximum absolute atomic E-state index is 11.4. The van der Waals surface area contributed by atoms with E-state index in [4.69, 9.17) is 5.11 Å². The molecular formula is C15H12N2O2. The lowest BCUT2D eigenvalue weighted by molar-refractivity contribution is 0.0904. The number of Topliss-reactive ketones (excluding diaryl/α,β-unsaturated/α-hetero) is 1. The van der Waals surface area contributed by atoms with Crippen molar-refractivity contribution in [3.63, 3.8) is 0 Å². The van der Waals surface area contributed by atoms with Gasteiger partial charge in [0.05, 0.1) is 17.4 Å². The molecule has 0 saturated heterocycles. The number of rotatable bonds is 3. The van der Waals surface area contributed by atoms with Gasteiger partial charge in [0, 0.05) is 10.9 Å². The Morgan fingerprint density at radius 1 is 1.11 bits per heavy atom. The van der Waals surface area contributed by atoms with Crippen LogP contribution in [0.3, 0.4) is 0 Å². The zero-order valence-electron chi connectivity index (χ0n) is 10.2. The van der Waals surface area contributed by atoms with Crippen LogP contribution in [-0.2, 0) is 0 Å². The molecule has 0 saturated carbocycles. The number of hydrogen-bond donors (Lipinski definition) is 1. The van der Waals surface area contributed by atoms with Gasteiger partial charge in [-0.2, -0.15) is 5.10 Å². The van der Waals surface area contributed by atoms with Gasteiger partial charge in [-0.1, -0.05) is 18.2 Å². The number of carbonyl (C=O) groups excluding carboxylic acids is 1. The Kier molecular flexibility index (Phi) is 2.85. The van der Waals surface area contributed by atoms with E-state index in [1.807, 2.05) is 47.3 Å². The normalized spacial score (nSPS) is 10.8. The van der Waals surface area contributed by atoms with Gasteiger partial charge < -0.3 is 5.11 Å². The van der Waals surface area contributed by atoms with Gasteiger partial charge in [0.1, 0.15) is 6.61 Å². The summed E-state index contributed by atoms with van der Waals surface area (Å²) in [7, 11) is 0. The molecule has 3 aromatic rings. The Bertz CT molecular complexity index is 729. The number of hydrogen-bond acceptors (Lipinski definition) is 3. The summed E-state index contributed by atoms with van der Waals surface area (Å²) in [6.07, 6.45) is 1.81. The van der Waals surface area contributed by atoms with E-state index < -0.39 is 6.61 Å². The van der Waals surface area contributed by atoms with Crippen molar-refractivity contribution in [3.8, 4) is 5.69 Å². The fraction of sp³-hybridized carbons (Fsp3) is 0.0667. The highest BCUT2D eigenvalue weighted by Gasteiger charge is 2.06. The lowest BCUT2D eigenvalue weighted by Crippen LogP contribution is -2.04. The summed E-state index contributed by atoms with van der Waals surface area (Å²) in [5, 5.41) is 14.2. The number of para-hydroxylation sites is 1. The molecule has 3 rings (SSSR count).